The Morgan fingerprint density at radius 3 is 2.13 bits per heavy atom. The highest BCUT2D eigenvalue weighted by atomic mass is 35.5. The van der Waals surface area contributed by atoms with Crippen molar-refractivity contribution in [3.8, 4) is 5.75 Å². The maximum absolute atomic E-state index is 14.6. The molecule has 0 fully saturated rings. The van der Waals surface area contributed by atoms with Gasteiger partial charge in [0.15, 0.2) is 0 Å². The first-order valence-electron chi connectivity index (χ1n) is 15.1. The minimum absolute atomic E-state index is 0.00493. The third kappa shape index (κ3) is 8.68. The van der Waals surface area contributed by atoms with Gasteiger partial charge in [0.05, 0.1) is 17.7 Å². The molecular weight excluding hydrogens is 622 g/mol. The fourth-order valence-corrected chi connectivity index (χ4v) is 6.53. The van der Waals surface area contributed by atoms with E-state index in [2.05, 4.69) is 5.32 Å². The Hall–Kier alpha value is -4.34. The molecule has 2 amide bonds. The molecular formula is C36H40ClN3O5S. The zero-order valence-corrected chi connectivity index (χ0v) is 28.1. The Morgan fingerprint density at radius 2 is 1.52 bits per heavy atom. The summed E-state index contributed by atoms with van der Waals surface area (Å²) in [6.45, 7) is 5.20. The lowest BCUT2D eigenvalue weighted by Crippen LogP contribution is -2.54. The van der Waals surface area contributed by atoms with Crippen molar-refractivity contribution in [2.75, 3.05) is 18.0 Å². The van der Waals surface area contributed by atoms with Crippen molar-refractivity contribution in [1.29, 1.82) is 0 Å². The maximum atomic E-state index is 14.6. The van der Waals surface area contributed by atoms with E-state index >= 15 is 0 Å². The molecule has 4 rings (SSSR count). The normalized spacial score (nSPS) is 12.5. The molecule has 8 nitrogen and oxygen atoms in total. The van der Waals surface area contributed by atoms with Crippen LogP contribution in [0.2, 0.25) is 5.02 Å². The van der Waals surface area contributed by atoms with Crippen LogP contribution in [0.1, 0.15) is 37.0 Å². The Labute approximate surface area is 277 Å². The van der Waals surface area contributed by atoms with Crippen molar-refractivity contribution < 1.29 is 22.7 Å². The number of ether oxygens (including phenoxy) is 1. The van der Waals surface area contributed by atoms with E-state index in [9.17, 15) is 18.0 Å². The van der Waals surface area contributed by atoms with Crippen molar-refractivity contribution in [3.05, 3.63) is 125 Å². The fourth-order valence-electron chi connectivity index (χ4n) is 4.92. The van der Waals surface area contributed by atoms with Gasteiger partial charge in [0.2, 0.25) is 11.8 Å². The van der Waals surface area contributed by atoms with Crippen LogP contribution in [0, 0.1) is 6.92 Å². The van der Waals surface area contributed by atoms with E-state index in [0.29, 0.717) is 28.4 Å². The number of amides is 2. The Balaban J connectivity index is 1.81. The zero-order valence-electron chi connectivity index (χ0n) is 26.5. The van der Waals surface area contributed by atoms with Crippen molar-refractivity contribution in [2.45, 2.75) is 57.1 Å². The summed E-state index contributed by atoms with van der Waals surface area (Å²) < 4.78 is 34.7. The molecule has 0 aliphatic rings. The van der Waals surface area contributed by atoms with Crippen LogP contribution in [0.25, 0.3) is 0 Å². The number of hydrogen-bond donors (Lipinski definition) is 1. The minimum atomic E-state index is -4.23. The molecule has 0 bridgehead atoms. The number of aryl methyl sites for hydroxylation is 1. The predicted molar refractivity (Wildman–Crippen MR) is 183 cm³/mol. The number of benzene rings is 4. The summed E-state index contributed by atoms with van der Waals surface area (Å²) in [7, 11) is -2.73. The van der Waals surface area contributed by atoms with Gasteiger partial charge in [-0.25, -0.2) is 8.42 Å². The van der Waals surface area contributed by atoms with E-state index in [1.165, 1.54) is 24.1 Å². The van der Waals surface area contributed by atoms with Crippen molar-refractivity contribution >= 4 is 39.1 Å². The Morgan fingerprint density at radius 1 is 0.891 bits per heavy atom. The molecule has 0 saturated heterocycles. The summed E-state index contributed by atoms with van der Waals surface area (Å²) in [5.41, 5.74) is 2.73. The number of nitrogens with one attached hydrogen (secondary N) is 1. The molecule has 10 heteroatoms. The average Bonchev–Trinajstić information content (AvgIpc) is 3.06. The molecule has 0 saturated carbocycles. The second-order valence-corrected chi connectivity index (χ2v) is 13.4. The lowest BCUT2D eigenvalue weighted by atomic mass is 10.0. The summed E-state index contributed by atoms with van der Waals surface area (Å²) in [5.74, 6) is -0.393. The van der Waals surface area contributed by atoms with Gasteiger partial charge in [0, 0.05) is 24.0 Å². The number of rotatable bonds is 14. The van der Waals surface area contributed by atoms with Gasteiger partial charge in [0.25, 0.3) is 10.0 Å². The summed E-state index contributed by atoms with van der Waals surface area (Å²) in [6, 6.07) is 28.3. The standard InChI is InChI=1S/C36H40ClN3O5S/c1-5-27(3)38-36(42)34(23-28-11-7-6-8-12-28)39(24-29-13-9-10-14-33(29)37)35(41)25-40(30-17-15-26(2)16-18-30)46(43,44)32-21-19-31(45-4)20-22-32/h6-22,27,34H,5,23-25H2,1-4H3,(H,38,42)/t27-,34-/m1/s1. The van der Waals surface area contributed by atoms with Gasteiger partial charge in [-0.05, 0) is 73.9 Å². The summed E-state index contributed by atoms with van der Waals surface area (Å²) >= 11 is 6.56. The van der Waals surface area contributed by atoms with Gasteiger partial charge >= 0.3 is 0 Å². The fraction of sp³-hybridized carbons (Fsp3) is 0.278. The van der Waals surface area contributed by atoms with E-state index < -0.39 is 28.5 Å². The molecule has 0 heterocycles. The number of carbonyl (C=O) groups is 2. The van der Waals surface area contributed by atoms with Crippen molar-refractivity contribution in [2.24, 2.45) is 0 Å². The van der Waals surface area contributed by atoms with Crippen molar-refractivity contribution in [1.82, 2.24) is 10.2 Å². The number of carbonyl (C=O) groups excluding carboxylic acids is 2. The maximum Gasteiger partial charge on any atom is 0.264 e. The first-order valence-corrected chi connectivity index (χ1v) is 17.0. The summed E-state index contributed by atoms with van der Waals surface area (Å²) in [6.07, 6.45) is 0.915. The Kier molecular flexibility index (Phi) is 11.8. The van der Waals surface area contributed by atoms with E-state index in [0.717, 1.165) is 15.4 Å². The third-order valence-corrected chi connectivity index (χ3v) is 9.98. The first-order chi connectivity index (χ1) is 22.0. The zero-order chi connectivity index (χ0) is 33.3. The molecule has 0 aliphatic heterocycles. The molecule has 0 unspecified atom stereocenters. The van der Waals surface area contributed by atoms with E-state index in [4.69, 9.17) is 16.3 Å². The second-order valence-electron chi connectivity index (χ2n) is 11.2. The SMILES string of the molecule is CC[C@@H](C)NC(=O)[C@@H](Cc1ccccc1)N(Cc1ccccc1Cl)C(=O)CN(c1ccc(C)cc1)S(=O)(=O)c1ccc(OC)cc1. The number of sulfonamides is 1. The quantitative estimate of drug-likeness (QED) is 0.169. The number of nitrogens with zero attached hydrogens (tertiary/aromatic N) is 2. The smallest absolute Gasteiger partial charge is 0.264 e. The second kappa shape index (κ2) is 15.8. The number of methoxy groups -OCH3 is 1. The van der Waals surface area contributed by atoms with E-state index in [-0.39, 0.29) is 29.8 Å². The van der Waals surface area contributed by atoms with Crippen LogP contribution in [0.15, 0.2) is 108 Å². The van der Waals surface area contributed by atoms with Crippen LogP contribution in [-0.4, -0.2) is 50.9 Å². The van der Waals surface area contributed by atoms with Crippen LogP contribution in [0.3, 0.4) is 0 Å². The minimum Gasteiger partial charge on any atom is -0.497 e. The predicted octanol–water partition coefficient (Wildman–Crippen LogP) is 6.41. The number of hydrogen-bond acceptors (Lipinski definition) is 5. The van der Waals surface area contributed by atoms with Crippen LogP contribution in [-0.2, 0) is 32.6 Å². The molecule has 4 aromatic carbocycles. The summed E-state index contributed by atoms with van der Waals surface area (Å²) in [4.78, 5) is 29.9. The van der Waals surface area contributed by atoms with Gasteiger partial charge in [-0.3, -0.25) is 13.9 Å². The third-order valence-electron chi connectivity index (χ3n) is 7.82. The first kappa shape index (κ1) is 34.5. The molecule has 0 spiro atoms. The largest absolute Gasteiger partial charge is 0.497 e. The van der Waals surface area contributed by atoms with Gasteiger partial charge in [-0.1, -0.05) is 84.8 Å². The highest BCUT2D eigenvalue weighted by molar-refractivity contribution is 7.92. The highest BCUT2D eigenvalue weighted by Crippen LogP contribution is 2.27. The lowest BCUT2D eigenvalue weighted by Gasteiger charge is -2.34. The molecule has 0 aromatic heterocycles. The molecule has 1 N–H and O–H groups in total. The highest BCUT2D eigenvalue weighted by Gasteiger charge is 2.35. The summed E-state index contributed by atoms with van der Waals surface area (Å²) in [5, 5.41) is 3.47. The van der Waals surface area contributed by atoms with E-state index in [1.807, 2.05) is 57.2 Å². The molecule has 0 aliphatic carbocycles. The average molecular weight is 662 g/mol. The Bertz CT molecular complexity index is 1720. The number of anilines is 1. The van der Waals surface area contributed by atoms with Crippen LogP contribution < -0.4 is 14.4 Å². The van der Waals surface area contributed by atoms with Gasteiger partial charge in [-0.15, -0.1) is 0 Å². The topological polar surface area (TPSA) is 96.0 Å². The van der Waals surface area contributed by atoms with Gasteiger partial charge in [0.1, 0.15) is 18.3 Å². The van der Waals surface area contributed by atoms with Gasteiger partial charge < -0.3 is 15.0 Å². The molecule has 4 aromatic rings. The molecule has 46 heavy (non-hydrogen) atoms. The molecule has 242 valence electrons. The van der Waals surface area contributed by atoms with Gasteiger partial charge in [-0.2, -0.15) is 0 Å². The monoisotopic (exact) mass is 661 g/mol. The lowest BCUT2D eigenvalue weighted by molar-refractivity contribution is -0.140. The molecule has 0 radical (unpaired) electrons. The van der Waals surface area contributed by atoms with Crippen LogP contribution in [0.5, 0.6) is 5.75 Å². The molecule has 2 atom stereocenters. The van der Waals surface area contributed by atoms with Crippen LogP contribution >= 0.6 is 11.6 Å². The van der Waals surface area contributed by atoms with E-state index in [1.54, 1.807) is 54.6 Å². The van der Waals surface area contributed by atoms with Crippen LogP contribution in [0.4, 0.5) is 5.69 Å². The number of halogens is 1. The van der Waals surface area contributed by atoms with Crippen molar-refractivity contribution in [3.63, 3.8) is 0 Å².